The Balaban J connectivity index is 1.21. The van der Waals surface area contributed by atoms with Gasteiger partial charge in [0.15, 0.2) is 6.29 Å². The second-order valence-electron chi connectivity index (χ2n) is 9.06. The van der Waals surface area contributed by atoms with Crippen LogP contribution in [0.1, 0.15) is 11.4 Å². The van der Waals surface area contributed by atoms with Crippen molar-refractivity contribution in [1.29, 1.82) is 0 Å². The average Bonchev–Trinajstić information content (AvgIpc) is 3.37. The molecule has 5 rings (SSSR count). The number of aromatic amines is 1. The molecule has 1 aliphatic rings. The van der Waals surface area contributed by atoms with Crippen molar-refractivity contribution in [3.8, 4) is 22.6 Å². The number of nitrogens with zero attached hydrogens (tertiary/aromatic N) is 3. The van der Waals surface area contributed by atoms with Crippen molar-refractivity contribution in [3.05, 3.63) is 84.1 Å². The lowest BCUT2D eigenvalue weighted by atomic mass is 10.1. The molecule has 1 aliphatic heterocycles. The molecule has 10 heteroatoms. The SMILES string of the molecule is CNc1nccc(-c2[nH]c(CC3OCC(CNC(=O)Cc4ccccc4)CO3)nc2-c2ccc(F)cc2)n1. The number of nitrogens with one attached hydrogen (secondary N) is 3. The van der Waals surface area contributed by atoms with Crippen molar-refractivity contribution in [3.63, 3.8) is 0 Å². The molecule has 0 atom stereocenters. The summed E-state index contributed by atoms with van der Waals surface area (Å²) in [7, 11) is 1.75. The highest BCUT2D eigenvalue weighted by atomic mass is 19.1. The number of ether oxygens (including phenoxy) is 2. The molecule has 0 saturated carbocycles. The third kappa shape index (κ3) is 6.39. The monoisotopic (exact) mass is 516 g/mol. The van der Waals surface area contributed by atoms with E-state index in [-0.39, 0.29) is 17.6 Å². The van der Waals surface area contributed by atoms with Crippen LogP contribution >= 0.6 is 0 Å². The van der Waals surface area contributed by atoms with E-state index in [0.717, 1.165) is 11.1 Å². The van der Waals surface area contributed by atoms with E-state index in [2.05, 4.69) is 25.6 Å². The van der Waals surface area contributed by atoms with Gasteiger partial charge in [0, 0.05) is 31.3 Å². The van der Waals surface area contributed by atoms with E-state index >= 15 is 0 Å². The van der Waals surface area contributed by atoms with Gasteiger partial charge in [0.05, 0.1) is 43.1 Å². The molecule has 9 nitrogen and oxygen atoms in total. The molecule has 1 fully saturated rings. The fraction of sp³-hybridized carbons (Fsp3) is 0.286. The number of benzene rings is 2. The van der Waals surface area contributed by atoms with Crippen molar-refractivity contribution in [2.24, 2.45) is 5.92 Å². The van der Waals surface area contributed by atoms with Crippen molar-refractivity contribution < 1.29 is 18.7 Å². The summed E-state index contributed by atoms with van der Waals surface area (Å²) in [6.45, 7) is 1.41. The van der Waals surface area contributed by atoms with Gasteiger partial charge in [-0.1, -0.05) is 30.3 Å². The molecular formula is C28H29FN6O3. The summed E-state index contributed by atoms with van der Waals surface area (Å²) < 4.78 is 25.4. The van der Waals surface area contributed by atoms with Gasteiger partial charge in [-0.3, -0.25) is 4.79 Å². The van der Waals surface area contributed by atoms with Gasteiger partial charge in [-0.2, -0.15) is 0 Å². The molecule has 4 aromatic rings. The van der Waals surface area contributed by atoms with E-state index in [1.54, 1.807) is 31.4 Å². The molecule has 3 N–H and O–H groups in total. The van der Waals surface area contributed by atoms with Gasteiger partial charge >= 0.3 is 0 Å². The number of aromatic nitrogens is 4. The summed E-state index contributed by atoms with van der Waals surface area (Å²) in [5, 5.41) is 5.90. The summed E-state index contributed by atoms with van der Waals surface area (Å²) in [5.74, 6) is 0.850. The second-order valence-corrected chi connectivity index (χ2v) is 9.06. The van der Waals surface area contributed by atoms with Gasteiger partial charge in [0.25, 0.3) is 0 Å². The van der Waals surface area contributed by atoms with Gasteiger partial charge in [-0.15, -0.1) is 0 Å². The molecule has 1 saturated heterocycles. The van der Waals surface area contributed by atoms with Crippen LogP contribution in [0.4, 0.5) is 10.3 Å². The first-order valence-electron chi connectivity index (χ1n) is 12.5. The van der Waals surface area contributed by atoms with Crippen LogP contribution in [0.5, 0.6) is 0 Å². The van der Waals surface area contributed by atoms with E-state index in [9.17, 15) is 9.18 Å². The number of halogens is 1. The Morgan fingerprint density at radius 2 is 1.82 bits per heavy atom. The number of hydrogen-bond acceptors (Lipinski definition) is 7. The summed E-state index contributed by atoms with van der Waals surface area (Å²) in [4.78, 5) is 29.1. The lowest BCUT2D eigenvalue weighted by Gasteiger charge is -2.29. The molecule has 0 bridgehead atoms. The largest absolute Gasteiger partial charge is 0.357 e. The minimum atomic E-state index is -0.482. The molecule has 1 amide bonds. The van der Waals surface area contributed by atoms with Crippen molar-refractivity contribution >= 4 is 11.9 Å². The number of carbonyl (C=O) groups is 1. The molecule has 0 spiro atoms. The van der Waals surface area contributed by atoms with Crippen LogP contribution in [0.3, 0.4) is 0 Å². The zero-order chi connectivity index (χ0) is 26.3. The van der Waals surface area contributed by atoms with Gasteiger partial charge < -0.3 is 25.1 Å². The van der Waals surface area contributed by atoms with Gasteiger partial charge in [-0.25, -0.2) is 19.3 Å². The Labute approximate surface area is 219 Å². The predicted molar refractivity (Wildman–Crippen MR) is 141 cm³/mol. The maximum absolute atomic E-state index is 13.6. The van der Waals surface area contributed by atoms with Crippen LogP contribution in [0.2, 0.25) is 0 Å². The van der Waals surface area contributed by atoms with Crippen molar-refractivity contribution in [2.45, 2.75) is 19.1 Å². The topological polar surface area (TPSA) is 114 Å². The lowest BCUT2D eigenvalue weighted by Crippen LogP contribution is -2.40. The van der Waals surface area contributed by atoms with Crippen LogP contribution in [0.15, 0.2) is 66.9 Å². The first kappa shape index (κ1) is 25.5. The zero-order valence-electron chi connectivity index (χ0n) is 21.0. The Morgan fingerprint density at radius 1 is 1.05 bits per heavy atom. The molecule has 0 aliphatic carbocycles. The third-order valence-electron chi connectivity index (χ3n) is 6.20. The highest BCUT2D eigenvalue weighted by Crippen LogP contribution is 2.30. The number of imidazole rings is 1. The minimum Gasteiger partial charge on any atom is -0.357 e. The van der Waals surface area contributed by atoms with E-state index in [1.165, 1.54) is 12.1 Å². The van der Waals surface area contributed by atoms with Gasteiger partial charge in [0.1, 0.15) is 11.6 Å². The fourth-order valence-corrected chi connectivity index (χ4v) is 4.22. The minimum absolute atomic E-state index is 0.0269. The summed E-state index contributed by atoms with van der Waals surface area (Å²) in [5.41, 5.74) is 3.73. The molecule has 2 aromatic heterocycles. The molecule has 2 aromatic carbocycles. The molecule has 3 heterocycles. The Morgan fingerprint density at radius 3 is 2.55 bits per heavy atom. The standard InChI is InChI=1S/C28H29FN6O3/c1-30-28-31-12-11-22(33-28)27-26(20-7-9-21(29)10-8-20)34-23(35-27)14-25-37-16-19(17-38-25)15-32-24(36)13-18-5-3-2-4-6-18/h2-12,19,25H,13-17H2,1H3,(H,32,36)(H,34,35)(H,30,31,33). The smallest absolute Gasteiger partial charge is 0.224 e. The first-order chi connectivity index (χ1) is 18.6. The van der Waals surface area contributed by atoms with Gasteiger partial charge in [-0.05, 0) is 35.9 Å². The Kier molecular flexibility index (Phi) is 8.01. The fourth-order valence-electron chi connectivity index (χ4n) is 4.22. The van der Waals surface area contributed by atoms with Crippen LogP contribution in [0, 0.1) is 11.7 Å². The average molecular weight is 517 g/mol. The molecule has 196 valence electrons. The maximum atomic E-state index is 13.6. The molecule has 0 radical (unpaired) electrons. The lowest BCUT2D eigenvalue weighted by molar-refractivity contribution is -0.198. The second kappa shape index (κ2) is 11.9. The van der Waals surface area contributed by atoms with E-state index in [1.807, 2.05) is 30.3 Å². The highest BCUT2D eigenvalue weighted by molar-refractivity contribution is 5.78. The zero-order valence-corrected chi connectivity index (χ0v) is 21.0. The number of H-pyrrole nitrogens is 1. The van der Waals surface area contributed by atoms with Crippen LogP contribution in [-0.2, 0) is 27.1 Å². The summed E-state index contributed by atoms with van der Waals surface area (Å²) >= 11 is 0. The summed E-state index contributed by atoms with van der Waals surface area (Å²) in [6, 6.07) is 17.6. The Bertz CT molecular complexity index is 1350. The quantitative estimate of drug-likeness (QED) is 0.311. The van der Waals surface area contributed by atoms with Crippen LogP contribution in [-0.4, -0.2) is 58.9 Å². The van der Waals surface area contributed by atoms with Crippen LogP contribution in [0.25, 0.3) is 22.6 Å². The predicted octanol–water partition coefficient (Wildman–Crippen LogP) is 3.61. The van der Waals surface area contributed by atoms with E-state index < -0.39 is 6.29 Å². The molecular weight excluding hydrogens is 487 g/mol. The first-order valence-corrected chi connectivity index (χ1v) is 12.5. The number of rotatable bonds is 9. The number of hydrogen-bond donors (Lipinski definition) is 3. The number of anilines is 1. The van der Waals surface area contributed by atoms with Gasteiger partial charge in [0.2, 0.25) is 11.9 Å². The highest BCUT2D eigenvalue weighted by Gasteiger charge is 2.25. The Hall–Kier alpha value is -4.15. The normalized spacial score (nSPS) is 17.2. The van der Waals surface area contributed by atoms with E-state index in [0.29, 0.717) is 61.5 Å². The maximum Gasteiger partial charge on any atom is 0.224 e. The number of carbonyl (C=O) groups excluding carboxylic acids is 1. The summed E-state index contributed by atoms with van der Waals surface area (Å²) in [6.07, 6.45) is 1.92. The van der Waals surface area contributed by atoms with Crippen molar-refractivity contribution in [2.75, 3.05) is 32.1 Å². The van der Waals surface area contributed by atoms with Crippen LogP contribution < -0.4 is 10.6 Å². The van der Waals surface area contributed by atoms with E-state index in [4.69, 9.17) is 14.5 Å². The molecule has 38 heavy (non-hydrogen) atoms. The molecule has 0 unspecified atom stereocenters. The third-order valence-corrected chi connectivity index (χ3v) is 6.20. The van der Waals surface area contributed by atoms with Crippen molar-refractivity contribution in [1.82, 2.24) is 25.3 Å². The number of amides is 1.